The van der Waals surface area contributed by atoms with Gasteiger partial charge in [0.15, 0.2) is 0 Å². The molecule has 1 aliphatic carbocycles. The molecule has 1 fully saturated rings. The zero-order valence-corrected chi connectivity index (χ0v) is 21.1. The van der Waals surface area contributed by atoms with E-state index < -0.39 is 16.1 Å². The number of benzene rings is 1. The smallest absolute Gasteiger partial charge is 0.247 e. The Morgan fingerprint density at radius 2 is 2.00 bits per heavy atom. The van der Waals surface area contributed by atoms with Crippen LogP contribution >= 0.6 is 0 Å². The summed E-state index contributed by atoms with van der Waals surface area (Å²) in [6, 6.07) is 4.49. The van der Waals surface area contributed by atoms with E-state index >= 15 is 0 Å². The fourth-order valence-electron chi connectivity index (χ4n) is 4.78. The predicted molar refractivity (Wildman–Crippen MR) is 129 cm³/mol. The van der Waals surface area contributed by atoms with E-state index in [4.69, 9.17) is 4.74 Å². The minimum atomic E-state index is -3.86. The van der Waals surface area contributed by atoms with E-state index in [1.807, 2.05) is 33.0 Å². The molecule has 0 spiro atoms. The number of aliphatic hydroxyl groups is 1. The lowest BCUT2D eigenvalue weighted by Gasteiger charge is -2.38. The third kappa shape index (κ3) is 5.78. The summed E-state index contributed by atoms with van der Waals surface area (Å²) in [6.07, 6.45) is 8.62. The van der Waals surface area contributed by atoms with Crippen molar-refractivity contribution in [1.29, 1.82) is 0 Å². The minimum Gasteiger partial charge on any atom is -0.487 e. The molecule has 1 aromatic carbocycles. The highest BCUT2D eigenvalue weighted by Crippen LogP contribution is 2.35. The lowest BCUT2D eigenvalue weighted by molar-refractivity contribution is -0.136. The van der Waals surface area contributed by atoms with Gasteiger partial charge in [-0.2, -0.15) is 4.31 Å². The number of sulfonamides is 1. The Kier molecular flexibility index (Phi) is 8.59. The maximum Gasteiger partial charge on any atom is 0.247 e. The lowest BCUT2D eigenvalue weighted by atomic mass is 9.88. The van der Waals surface area contributed by atoms with Crippen molar-refractivity contribution in [2.24, 2.45) is 11.8 Å². The van der Waals surface area contributed by atoms with Gasteiger partial charge in [-0.1, -0.05) is 44.4 Å². The Balaban J connectivity index is 1.95. The lowest BCUT2D eigenvalue weighted by Crippen LogP contribution is -2.50. The van der Waals surface area contributed by atoms with Gasteiger partial charge in [-0.3, -0.25) is 4.79 Å². The van der Waals surface area contributed by atoms with E-state index in [9.17, 15) is 18.3 Å². The third-order valence-corrected chi connectivity index (χ3v) is 8.85. The second kappa shape index (κ2) is 11.0. The molecule has 184 valence electrons. The van der Waals surface area contributed by atoms with Crippen LogP contribution < -0.4 is 4.74 Å². The van der Waals surface area contributed by atoms with Crippen molar-refractivity contribution in [2.45, 2.75) is 69.9 Å². The van der Waals surface area contributed by atoms with Crippen molar-refractivity contribution >= 4 is 22.0 Å². The SMILES string of the molecule is C/C=C/c1ccc2c(c1)O[C@H](CN(C)C(=O)C1CCCCC1)[C@H](C)CN([C@@H](C)CO)S2(=O)=O. The van der Waals surface area contributed by atoms with Gasteiger partial charge in [-0.05, 0) is 44.4 Å². The van der Waals surface area contributed by atoms with Crippen LogP contribution in [0.2, 0.25) is 0 Å². The van der Waals surface area contributed by atoms with Gasteiger partial charge in [0.2, 0.25) is 15.9 Å². The fourth-order valence-corrected chi connectivity index (χ4v) is 6.60. The molecule has 0 saturated heterocycles. The van der Waals surface area contributed by atoms with E-state index in [-0.39, 0.29) is 47.6 Å². The monoisotopic (exact) mass is 478 g/mol. The summed E-state index contributed by atoms with van der Waals surface area (Å²) in [5.74, 6) is 0.306. The van der Waals surface area contributed by atoms with E-state index in [1.165, 1.54) is 10.7 Å². The normalized spacial score (nSPS) is 25.0. The van der Waals surface area contributed by atoms with Crippen molar-refractivity contribution < 1.29 is 23.1 Å². The first kappa shape index (κ1) is 25.7. The Hall–Kier alpha value is -1.90. The molecule has 1 aromatic rings. The predicted octanol–water partition coefficient (Wildman–Crippen LogP) is 3.53. The van der Waals surface area contributed by atoms with E-state index in [2.05, 4.69) is 0 Å². The number of allylic oxidation sites excluding steroid dienone is 1. The molecule has 0 bridgehead atoms. The van der Waals surface area contributed by atoms with E-state index in [0.717, 1.165) is 31.2 Å². The Labute approximate surface area is 198 Å². The second-order valence-electron chi connectivity index (χ2n) is 9.50. The maximum absolute atomic E-state index is 13.5. The zero-order valence-electron chi connectivity index (χ0n) is 20.2. The largest absolute Gasteiger partial charge is 0.487 e. The molecular weight excluding hydrogens is 440 g/mol. The van der Waals surface area contributed by atoms with Crippen LogP contribution in [0.3, 0.4) is 0 Å². The van der Waals surface area contributed by atoms with Gasteiger partial charge in [-0.15, -0.1) is 0 Å². The van der Waals surface area contributed by atoms with Crippen LogP contribution in [0.15, 0.2) is 29.2 Å². The van der Waals surface area contributed by atoms with E-state index in [1.54, 1.807) is 30.0 Å². The number of aliphatic hydroxyl groups excluding tert-OH is 1. The van der Waals surface area contributed by atoms with Crippen LogP contribution in [0.5, 0.6) is 5.75 Å². The standard InChI is InChI=1S/C25H38N2O5S/c1-5-9-20-12-13-24-22(14-20)32-23(16-26(4)25(29)21-10-7-6-8-11-21)18(2)15-27(19(3)17-28)33(24,30)31/h5,9,12-14,18-19,21,23,28H,6-8,10-11,15-17H2,1-4H3/b9-5+/t18-,19+,23-/m1/s1. The maximum atomic E-state index is 13.5. The summed E-state index contributed by atoms with van der Waals surface area (Å²) in [6.45, 7) is 5.85. The first-order valence-corrected chi connectivity index (χ1v) is 13.4. The summed E-state index contributed by atoms with van der Waals surface area (Å²) in [7, 11) is -2.05. The molecule has 3 atom stereocenters. The first-order valence-electron chi connectivity index (χ1n) is 12.0. The second-order valence-corrected chi connectivity index (χ2v) is 11.4. The van der Waals surface area contributed by atoms with E-state index in [0.29, 0.717) is 6.54 Å². The fraction of sp³-hybridized carbons (Fsp3) is 0.640. The molecule has 1 saturated carbocycles. The number of carbonyl (C=O) groups is 1. The Morgan fingerprint density at radius 1 is 1.30 bits per heavy atom. The van der Waals surface area contributed by atoms with Crippen molar-refractivity contribution in [3.8, 4) is 5.75 Å². The van der Waals surface area contributed by atoms with Gasteiger partial charge in [0.05, 0.1) is 13.2 Å². The van der Waals surface area contributed by atoms with Gasteiger partial charge < -0.3 is 14.7 Å². The highest BCUT2D eigenvalue weighted by atomic mass is 32.2. The van der Waals surface area contributed by atoms with Crippen LogP contribution in [0.25, 0.3) is 6.08 Å². The third-order valence-electron chi connectivity index (χ3n) is 6.83. The molecule has 1 amide bonds. The van der Waals surface area contributed by atoms with Crippen LogP contribution in [0, 0.1) is 11.8 Å². The number of carbonyl (C=O) groups excluding carboxylic acids is 1. The summed E-state index contributed by atoms with van der Waals surface area (Å²) in [5.41, 5.74) is 0.840. The topological polar surface area (TPSA) is 87.2 Å². The first-order chi connectivity index (χ1) is 15.7. The minimum absolute atomic E-state index is 0.0625. The van der Waals surface area contributed by atoms with Crippen LogP contribution in [0.1, 0.15) is 58.4 Å². The van der Waals surface area contributed by atoms with Crippen LogP contribution in [-0.4, -0.2) is 67.5 Å². The molecule has 1 aliphatic heterocycles. The van der Waals surface area contributed by atoms with Crippen molar-refractivity contribution in [1.82, 2.24) is 9.21 Å². The highest BCUT2D eigenvalue weighted by Gasteiger charge is 2.38. The Morgan fingerprint density at radius 3 is 2.64 bits per heavy atom. The highest BCUT2D eigenvalue weighted by molar-refractivity contribution is 7.89. The molecule has 2 aliphatic rings. The summed E-state index contributed by atoms with van der Waals surface area (Å²) in [4.78, 5) is 14.9. The number of likely N-dealkylation sites (N-methyl/N-ethyl adjacent to an activating group) is 1. The summed E-state index contributed by atoms with van der Waals surface area (Å²) >= 11 is 0. The molecule has 0 radical (unpaired) electrons. The zero-order chi connectivity index (χ0) is 24.2. The number of ether oxygens (including phenoxy) is 1. The van der Waals surface area contributed by atoms with Crippen LogP contribution in [-0.2, 0) is 14.8 Å². The molecule has 3 rings (SSSR count). The molecule has 1 heterocycles. The molecule has 1 N–H and O–H groups in total. The average molecular weight is 479 g/mol. The number of hydrogen-bond donors (Lipinski definition) is 1. The number of rotatable bonds is 6. The summed E-state index contributed by atoms with van der Waals surface area (Å²) in [5, 5.41) is 9.76. The van der Waals surface area contributed by atoms with Crippen LogP contribution in [0.4, 0.5) is 0 Å². The molecule has 0 unspecified atom stereocenters. The number of nitrogens with zero attached hydrogens (tertiary/aromatic N) is 2. The van der Waals surface area contributed by atoms with Gasteiger partial charge >= 0.3 is 0 Å². The number of fused-ring (bicyclic) bond motifs is 1. The van der Waals surface area contributed by atoms with Crippen molar-refractivity contribution in [3.05, 3.63) is 29.8 Å². The quantitative estimate of drug-likeness (QED) is 0.676. The molecular formula is C25H38N2O5S. The number of hydrogen-bond acceptors (Lipinski definition) is 5. The molecule has 0 aromatic heterocycles. The van der Waals surface area contributed by atoms with Gasteiger partial charge in [-0.25, -0.2) is 8.42 Å². The van der Waals surface area contributed by atoms with Gasteiger partial charge in [0.25, 0.3) is 0 Å². The van der Waals surface area contributed by atoms with Crippen molar-refractivity contribution in [3.63, 3.8) is 0 Å². The summed E-state index contributed by atoms with van der Waals surface area (Å²) < 4.78 is 34.7. The van der Waals surface area contributed by atoms with Crippen molar-refractivity contribution in [2.75, 3.05) is 26.7 Å². The molecule has 8 heteroatoms. The van der Waals surface area contributed by atoms with Gasteiger partial charge in [0.1, 0.15) is 16.7 Å². The average Bonchev–Trinajstić information content (AvgIpc) is 2.81. The number of amides is 1. The molecule has 7 nitrogen and oxygen atoms in total. The molecule has 33 heavy (non-hydrogen) atoms. The Bertz CT molecular complexity index is 956. The van der Waals surface area contributed by atoms with Gasteiger partial charge in [0, 0.05) is 31.5 Å².